The van der Waals surface area contributed by atoms with Crippen molar-refractivity contribution in [3.63, 3.8) is 0 Å². The van der Waals surface area contributed by atoms with E-state index in [1.54, 1.807) is 0 Å². The van der Waals surface area contributed by atoms with Crippen LogP contribution in [-0.2, 0) is 5.92 Å². The second-order valence-corrected chi connectivity index (χ2v) is 5.42. The van der Waals surface area contributed by atoms with Gasteiger partial charge in [0.1, 0.15) is 17.3 Å². The summed E-state index contributed by atoms with van der Waals surface area (Å²) in [7, 11) is 0. The van der Waals surface area contributed by atoms with Crippen LogP contribution in [0.5, 0.6) is 11.5 Å². The van der Waals surface area contributed by atoms with Gasteiger partial charge in [-0.1, -0.05) is 11.6 Å². The summed E-state index contributed by atoms with van der Waals surface area (Å²) in [5.41, 5.74) is -0.309. The van der Waals surface area contributed by atoms with E-state index in [4.69, 9.17) is 16.3 Å². The van der Waals surface area contributed by atoms with Crippen molar-refractivity contribution in [1.82, 2.24) is 9.97 Å². The monoisotopic (exact) mass is 380 g/mol. The van der Waals surface area contributed by atoms with Crippen molar-refractivity contribution in [3.8, 4) is 11.5 Å². The van der Waals surface area contributed by atoms with Crippen molar-refractivity contribution < 1.29 is 31.1 Å². The van der Waals surface area contributed by atoms with E-state index in [2.05, 4.69) is 4.98 Å². The van der Waals surface area contributed by atoms with Crippen LogP contribution in [0.4, 0.5) is 26.3 Å². The first-order chi connectivity index (χ1) is 11.6. The molecule has 0 bridgehead atoms. The van der Waals surface area contributed by atoms with Crippen LogP contribution in [0.1, 0.15) is 5.82 Å². The average Bonchev–Trinajstić information content (AvgIpc) is 2.92. The maximum absolute atomic E-state index is 13.4. The Hall–Kier alpha value is -2.42. The van der Waals surface area contributed by atoms with Crippen LogP contribution >= 0.6 is 11.6 Å². The van der Waals surface area contributed by atoms with Crippen LogP contribution < -0.4 is 4.74 Å². The Labute approximate surface area is 141 Å². The van der Waals surface area contributed by atoms with Gasteiger partial charge in [-0.05, 0) is 30.3 Å². The zero-order chi connectivity index (χ0) is 18.4. The van der Waals surface area contributed by atoms with Gasteiger partial charge in [0.15, 0.2) is 5.82 Å². The molecule has 0 radical (unpaired) electrons. The fourth-order valence-corrected chi connectivity index (χ4v) is 2.20. The third kappa shape index (κ3) is 3.23. The highest BCUT2D eigenvalue weighted by atomic mass is 35.5. The van der Waals surface area contributed by atoms with Crippen LogP contribution in [0.3, 0.4) is 0 Å². The zero-order valence-corrected chi connectivity index (χ0v) is 12.7. The molecule has 2 aromatic carbocycles. The Kier molecular flexibility index (Phi) is 4.06. The summed E-state index contributed by atoms with van der Waals surface area (Å²) in [5.74, 6) is -7.02. The fraction of sp³-hybridized carbons (Fsp3) is 0.133. The molecule has 0 saturated heterocycles. The highest BCUT2D eigenvalue weighted by molar-refractivity contribution is 6.32. The van der Waals surface area contributed by atoms with E-state index in [1.807, 2.05) is 4.98 Å². The molecular formula is C15H7ClF6N2O. The number of ether oxygens (including phenoxy) is 1. The lowest BCUT2D eigenvalue weighted by molar-refractivity contribution is -0.292. The van der Waals surface area contributed by atoms with Crippen molar-refractivity contribution in [2.45, 2.75) is 12.1 Å². The number of benzene rings is 2. The molecule has 1 aromatic heterocycles. The molecule has 3 nitrogen and oxygen atoms in total. The number of H-pyrrole nitrogens is 1. The van der Waals surface area contributed by atoms with Gasteiger partial charge in [-0.2, -0.15) is 22.0 Å². The summed E-state index contributed by atoms with van der Waals surface area (Å²) < 4.78 is 82.3. The Bertz CT molecular complexity index is 920. The van der Waals surface area contributed by atoms with E-state index in [0.29, 0.717) is 0 Å². The first kappa shape index (κ1) is 17.4. The lowest BCUT2D eigenvalue weighted by Crippen LogP contribution is -2.34. The molecule has 0 atom stereocenters. The summed E-state index contributed by atoms with van der Waals surface area (Å²) >= 11 is 5.94. The number of nitrogens with one attached hydrogen (secondary N) is 1. The third-order valence-electron chi connectivity index (χ3n) is 3.23. The summed E-state index contributed by atoms with van der Waals surface area (Å²) in [5, 5.41) is -0.0646. The second kappa shape index (κ2) is 5.83. The Morgan fingerprint density at radius 3 is 2.24 bits per heavy atom. The molecule has 0 aliphatic rings. The summed E-state index contributed by atoms with van der Waals surface area (Å²) in [6.45, 7) is 0. The predicted octanol–water partition coefficient (Wildman–Crippen LogP) is 5.80. The summed E-state index contributed by atoms with van der Waals surface area (Å²) in [4.78, 5) is 5.18. The van der Waals surface area contributed by atoms with E-state index >= 15 is 0 Å². The minimum Gasteiger partial charge on any atom is -0.456 e. The van der Waals surface area contributed by atoms with Crippen LogP contribution in [0, 0.1) is 5.82 Å². The quantitative estimate of drug-likeness (QED) is 0.583. The van der Waals surface area contributed by atoms with Crippen molar-refractivity contribution in [2.75, 3.05) is 0 Å². The van der Waals surface area contributed by atoms with Crippen molar-refractivity contribution in [3.05, 3.63) is 53.1 Å². The van der Waals surface area contributed by atoms with Gasteiger partial charge in [0.25, 0.3) is 0 Å². The number of fused-ring (bicyclic) bond motifs is 1. The molecule has 0 saturated carbocycles. The number of hydrogen-bond acceptors (Lipinski definition) is 2. The molecule has 132 valence electrons. The number of aromatic amines is 1. The lowest BCUT2D eigenvalue weighted by atomic mass is 10.3. The first-order valence-corrected chi connectivity index (χ1v) is 7.03. The van der Waals surface area contributed by atoms with Gasteiger partial charge in [0.05, 0.1) is 16.1 Å². The smallest absolute Gasteiger partial charge is 0.456 e. The summed E-state index contributed by atoms with van der Waals surface area (Å²) in [6, 6.07) is 7.06. The van der Waals surface area contributed by atoms with Crippen LogP contribution in [0.15, 0.2) is 36.4 Å². The standard InChI is InChI=1S/C15H7ClF6N2O/c16-9-5-10-11(24-13(23-10)14(18,19)15(20,21)22)6-12(9)25-8-3-1-7(17)2-4-8/h1-6H,(H,23,24). The average molecular weight is 381 g/mol. The molecule has 0 aliphatic heterocycles. The highest BCUT2D eigenvalue weighted by Crippen LogP contribution is 2.43. The minimum absolute atomic E-state index is 0.0219. The van der Waals surface area contributed by atoms with E-state index in [0.717, 1.165) is 24.3 Å². The number of halogens is 7. The van der Waals surface area contributed by atoms with Gasteiger partial charge < -0.3 is 9.72 Å². The number of imidazole rings is 1. The largest absolute Gasteiger partial charge is 0.461 e. The van der Waals surface area contributed by atoms with E-state index in [9.17, 15) is 26.3 Å². The molecule has 0 amide bonds. The second-order valence-electron chi connectivity index (χ2n) is 5.01. The molecule has 1 N–H and O–H groups in total. The topological polar surface area (TPSA) is 37.9 Å². The number of rotatable bonds is 3. The van der Waals surface area contributed by atoms with Crippen molar-refractivity contribution in [2.24, 2.45) is 0 Å². The van der Waals surface area contributed by atoms with Gasteiger partial charge in [-0.15, -0.1) is 0 Å². The molecule has 0 spiro atoms. The Morgan fingerprint density at radius 2 is 1.64 bits per heavy atom. The summed E-state index contributed by atoms with van der Waals surface area (Å²) in [6.07, 6.45) is -5.79. The number of nitrogens with zero attached hydrogens (tertiary/aromatic N) is 1. The van der Waals surface area contributed by atoms with E-state index in [-0.39, 0.29) is 27.6 Å². The molecule has 3 aromatic rings. The maximum atomic E-state index is 13.4. The number of hydrogen-bond donors (Lipinski definition) is 1. The van der Waals surface area contributed by atoms with Crippen LogP contribution in [-0.4, -0.2) is 16.1 Å². The molecule has 25 heavy (non-hydrogen) atoms. The van der Waals surface area contributed by atoms with Gasteiger partial charge >= 0.3 is 12.1 Å². The number of aromatic nitrogens is 2. The molecule has 0 fully saturated rings. The first-order valence-electron chi connectivity index (χ1n) is 6.65. The molecule has 0 unspecified atom stereocenters. The van der Waals surface area contributed by atoms with Gasteiger partial charge in [-0.3, -0.25) is 0 Å². The van der Waals surface area contributed by atoms with Gasteiger partial charge in [-0.25, -0.2) is 9.37 Å². The van der Waals surface area contributed by atoms with Crippen LogP contribution in [0.25, 0.3) is 11.0 Å². The van der Waals surface area contributed by atoms with E-state index in [1.165, 1.54) is 12.1 Å². The van der Waals surface area contributed by atoms with Crippen molar-refractivity contribution in [1.29, 1.82) is 0 Å². The zero-order valence-electron chi connectivity index (χ0n) is 12.0. The molecular weight excluding hydrogens is 374 g/mol. The SMILES string of the molecule is Fc1ccc(Oc2cc3[nH]c(C(F)(F)C(F)(F)F)nc3cc2Cl)cc1. The normalized spacial score (nSPS) is 12.6. The molecule has 1 heterocycles. The predicted molar refractivity (Wildman–Crippen MR) is 77.5 cm³/mol. The lowest BCUT2D eigenvalue weighted by Gasteiger charge is -2.16. The molecule has 10 heteroatoms. The highest BCUT2D eigenvalue weighted by Gasteiger charge is 2.61. The molecule has 3 rings (SSSR count). The van der Waals surface area contributed by atoms with Gasteiger partial charge in [0.2, 0.25) is 0 Å². The van der Waals surface area contributed by atoms with E-state index < -0.39 is 23.7 Å². The Morgan fingerprint density at radius 1 is 1.00 bits per heavy atom. The third-order valence-corrected chi connectivity index (χ3v) is 3.53. The minimum atomic E-state index is -5.79. The van der Waals surface area contributed by atoms with Crippen molar-refractivity contribution >= 4 is 22.6 Å². The number of alkyl halides is 5. The van der Waals surface area contributed by atoms with Gasteiger partial charge in [0, 0.05) is 6.07 Å². The Balaban J connectivity index is 2.00. The maximum Gasteiger partial charge on any atom is 0.461 e. The fourth-order valence-electron chi connectivity index (χ4n) is 2.00. The molecule has 0 aliphatic carbocycles. The van der Waals surface area contributed by atoms with Crippen LogP contribution in [0.2, 0.25) is 5.02 Å².